The maximum Gasteiger partial charge on any atom is 0.226 e. The molecule has 2 heterocycles. The van der Waals surface area contributed by atoms with E-state index < -0.39 is 0 Å². The molecule has 3 aromatic rings. The van der Waals surface area contributed by atoms with Gasteiger partial charge in [-0.25, -0.2) is 4.68 Å². The fourth-order valence-corrected chi connectivity index (χ4v) is 3.54. The normalized spacial score (nSPS) is 18.0. The van der Waals surface area contributed by atoms with Crippen LogP contribution in [0.1, 0.15) is 27.5 Å². The highest BCUT2D eigenvalue weighted by molar-refractivity contribution is 6.30. The third kappa shape index (κ3) is 1.73. The summed E-state index contributed by atoms with van der Waals surface area (Å²) in [6, 6.07) is 14.8. The van der Waals surface area contributed by atoms with E-state index in [1.54, 1.807) is 4.68 Å². The Kier molecular flexibility index (Phi) is 2.69. The lowest BCUT2D eigenvalue weighted by Gasteiger charge is -2.26. The van der Waals surface area contributed by atoms with E-state index in [1.807, 2.05) is 48.5 Å². The Labute approximate surface area is 142 Å². The number of benzene rings is 2. The van der Waals surface area contributed by atoms with E-state index in [1.165, 1.54) is 6.33 Å². The van der Waals surface area contributed by atoms with Crippen LogP contribution in [0.5, 0.6) is 0 Å². The number of nitrogens with zero attached hydrogens (tertiary/aromatic N) is 3. The van der Waals surface area contributed by atoms with Crippen LogP contribution < -0.4 is 5.32 Å². The largest absolute Gasteiger partial charge is 0.323 e. The van der Waals surface area contributed by atoms with Crippen LogP contribution in [-0.4, -0.2) is 20.5 Å². The lowest BCUT2D eigenvalue weighted by atomic mass is 9.94. The number of ketones is 1. The molecule has 0 saturated heterocycles. The molecule has 116 valence electrons. The minimum absolute atomic E-state index is 0.0224. The number of halogens is 1. The van der Waals surface area contributed by atoms with Gasteiger partial charge in [-0.3, -0.25) is 4.79 Å². The molecule has 0 spiro atoms. The third-order valence-corrected chi connectivity index (χ3v) is 4.72. The maximum absolute atomic E-state index is 13.0. The Hall–Kier alpha value is -2.92. The molecule has 2 aromatic carbocycles. The number of anilines is 1. The first-order valence-corrected chi connectivity index (χ1v) is 7.92. The summed E-state index contributed by atoms with van der Waals surface area (Å²) in [6.45, 7) is 0. The number of allylic oxidation sites excluding steroid dienone is 1. The monoisotopic (exact) mass is 334 g/mol. The van der Waals surface area contributed by atoms with Gasteiger partial charge in [-0.05, 0) is 17.7 Å². The molecule has 1 aromatic heterocycles. The summed E-state index contributed by atoms with van der Waals surface area (Å²) >= 11 is 6.02. The molecule has 1 aliphatic carbocycles. The van der Waals surface area contributed by atoms with Crippen LogP contribution in [0.2, 0.25) is 5.02 Å². The van der Waals surface area contributed by atoms with E-state index in [4.69, 9.17) is 11.6 Å². The van der Waals surface area contributed by atoms with Gasteiger partial charge in [0.25, 0.3) is 0 Å². The number of aromatic nitrogens is 3. The third-order valence-electron chi connectivity index (χ3n) is 4.47. The highest BCUT2D eigenvalue weighted by atomic mass is 35.5. The summed E-state index contributed by atoms with van der Waals surface area (Å²) in [6.07, 6.45) is 1.49. The van der Waals surface area contributed by atoms with E-state index in [0.717, 1.165) is 16.8 Å². The average Bonchev–Trinajstić information content (AvgIpc) is 3.18. The Morgan fingerprint density at radius 1 is 1.04 bits per heavy atom. The summed E-state index contributed by atoms with van der Waals surface area (Å²) in [5.41, 5.74) is 4.07. The van der Waals surface area contributed by atoms with Gasteiger partial charge in [0.1, 0.15) is 12.4 Å². The van der Waals surface area contributed by atoms with Crippen LogP contribution in [-0.2, 0) is 0 Å². The molecule has 0 radical (unpaired) electrons. The Morgan fingerprint density at radius 2 is 1.79 bits per heavy atom. The lowest BCUT2D eigenvalue weighted by molar-refractivity contribution is 0.102. The van der Waals surface area contributed by atoms with E-state index in [-0.39, 0.29) is 11.8 Å². The van der Waals surface area contributed by atoms with Crippen LogP contribution in [0, 0.1) is 0 Å². The Bertz CT molecular complexity index is 1020. The van der Waals surface area contributed by atoms with Gasteiger partial charge in [0.2, 0.25) is 5.95 Å². The van der Waals surface area contributed by atoms with Gasteiger partial charge in [-0.2, -0.15) is 10.1 Å². The summed E-state index contributed by atoms with van der Waals surface area (Å²) in [5, 5.41) is 8.23. The molecular formula is C18H11ClN4O. The van der Waals surface area contributed by atoms with Crippen LogP contribution in [0.3, 0.4) is 0 Å². The van der Waals surface area contributed by atoms with E-state index in [0.29, 0.717) is 22.1 Å². The number of hydrogen-bond acceptors (Lipinski definition) is 4. The van der Waals surface area contributed by atoms with Crippen molar-refractivity contribution in [3.05, 3.63) is 82.1 Å². The predicted molar refractivity (Wildman–Crippen MR) is 90.9 cm³/mol. The SMILES string of the molecule is O=C1C2=C(Nc3ncnn3[C@@H]2c2ccc(Cl)cc2)c2ccccc21. The highest BCUT2D eigenvalue weighted by Gasteiger charge is 2.40. The number of carbonyl (C=O) groups excluding carboxylic acids is 1. The van der Waals surface area contributed by atoms with Crippen molar-refractivity contribution in [3.8, 4) is 0 Å². The zero-order valence-electron chi connectivity index (χ0n) is 12.4. The Balaban J connectivity index is 1.77. The van der Waals surface area contributed by atoms with Crippen LogP contribution in [0.4, 0.5) is 5.95 Å². The van der Waals surface area contributed by atoms with Crippen molar-refractivity contribution in [2.45, 2.75) is 6.04 Å². The molecule has 0 bridgehead atoms. The standard InChI is InChI=1S/C18H11ClN4O/c19-11-7-5-10(6-8-11)16-14-15(22-18-20-9-21-23(16)18)12-3-1-2-4-13(12)17(14)24/h1-9,16H,(H,20,21,22)/t16-/m1/s1. The van der Waals surface area contributed by atoms with Gasteiger partial charge in [-0.1, -0.05) is 48.0 Å². The molecule has 5 nitrogen and oxygen atoms in total. The molecule has 0 saturated carbocycles. The van der Waals surface area contributed by atoms with Gasteiger partial charge in [-0.15, -0.1) is 0 Å². The molecule has 2 aliphatic rings. The first-order valence-electron chi connectivity index (χ1n) is 7.54. The van der Waals surface area contributed by atoms with Crippen molar-refractivity contribution in [3.63, 3.8) is 0 Å². The van der Waals surface area contributed by atoms with Crippen molar-refractivity contribution < 1.29 is 4.79 Å². The highest BCUT2D eigenvalue weighted by Crippen LogP contribution is 2.44. The summed E-state index contributed by atoms with van der Waals surface area (Å²) < 4.78 is 1.74. The minimum Gasteiger partial charge on any atom is -0.323 e. The summed E-state index contributed by atoms with van der Waals surface area (Å²) in [4.78, 5) is 17.3. The summed E-state index contributed by atoms with van der Waals surface area (Å²) in [7, 11) is 0. The Morgan fingerprint density at radius 3 is 2.58 bits per heavy atom. The maximum atomic E-state index is 13.0. The van der Waals surface area contributed by atoms with E-state index >= 15 is 0 Å². The second kappa shape index (κ2) is 4.79. The van der Waals surface area contributed by atoms with Gasteiger partial charge >= 0.3 is 0 Å². The van der Waals surface area contributed by atoms with Crippen molar-refractivity contribution in [2.75, 3.05) is 5.32 Å². The van der Waals surface area contributed by atoms with Crippen LogP contribution >= 0.6 is 11.6 Å². The van der Waals surface area contributed by atoms with Gasteiger partial charge in [0, 0.05) is 16.1 Å². The molecule has 1 atom stereocenters. The molecule has 1 aliphatic heterocycles. The van der Waals surface area contributed by atoms with Crippen molar-refractivity contribution >= 4 is 29.0 Å². The smallest absolute Gasteiger partial charge is 0.226 e. The number of fused-ring (bicyclic) bond motifs is 3. The number of carbonyl (C=O) groups is 1. The quantitative estimate of drug-likeness (QED) is 0.739. The predicted octanol–water partition coefficient (Wildman–Crippen LogP) is 3.55. The second-order valence-electron chi connectivity index (χ2n) is 5.77. The number of Topliss-reactive ketones (excluding diaryl/α,β-unsaturated/α-hetero) is 1. The molecule has 0 amide bonds. The fraction of sp³-hybridized carbons (Fsp3) is 0.0556. The van der Waals surface area contributed by atoms with Gasteiger partial charge < -0.3 is 5.32 Å². The zero-order chi connectivity index (χ0) is 16.3. The number of nitrogens with one attached hydrogen (secondary N) is 1. The minimum atomic E-state index is -0.323. The van der Waals surface area contributed by atoms with Crippen molar-refractivity contribution in [1.82, 2.24) is 14.8 Å². The van der Waals surface area contributed by atoms with Crippen molar-refractivity contribution in [1.29, 1.82) is 0 Å². The molecule has 0 fully saturated rings. The second-order valence-corrected chi connectivity index (χ2v) is 6.21. The van der Waals surface area contributed by atoms with E-state index in [9.17, 15) is 4.79 Å². The first-order chi connectivity index (χ1) is 11.7. The van der Waals surface area contributed by atoms with E-state index in [2.05, 4.69) is 15.4 Å². The molecule has 1 N–H and O–H groups in total. The van der Waals surface area contributed by atoms with Crippen LogP contribution in [0.25, 0.3) is 5.70 Å². The molecule has 24 heavy (non-hydrogen) atoms. The molecule has 0 unspecified atom stereocenters. The number of rotatable bonds is 1. The molecule has 6 heteroatoms. The van der Waals surface area contributed by atoms with Gasteiger partial charge in [0.15, 0.2) is 5.78 Å². The fourth-order valence-electron chi connectivity index (χ4n) is 3.41. The average molecular weight is 335 g/mol. The summed E-state index contributed by atoms with van der Waals surface area (Å²) in [5.74, 6) is 0.646. The zero-order valence-corrected chi connectivity index (χ0v) is 13.2. The lowest BCUT2D eigenvalue weighted by Crippen LogP contribution is -2.25. The topological polar surface area (TPSA) is 59.8 Å². The van der Waals surface area contributed by atoms with Crippen molar-refractivity contribution in [2.24, 2.45) is 0 Å². The number of hydrogen-bond donors (Lipinski definition) is 1. The first kappa shape index (κ1) is 13.5. The van der Waals surface area contributed by atoms with Gasteiger partial charge in [0.05, 0.1) is 11.3 Å². The van der Waals surface area contributed by atoms with Crippen LogP contribution in [0.15, 0.2) is 60.4 Å². The molecule has 5 rings (SSSR count). The molecular weight excluding hydrogens is 324 g/mol.